The van der Waals surface area contributed by atoms with Gasteiger partial charge in [-0.3, -0.25) is 4.79 Å². The highest BCUT2D eigenvalue weighted by Gasteiger charge is 2.09. The summed E-state index contributed by atoms with van der Waals surface area (Å²) in [6.45, 7) is 0.604. The zero-order valence-corrected chi connectivity index (χ0v) is 14.4. The first kappa shape index (κ1) is 29.5. The molecule has 0 fully saturated rings. The van der Waals surface area contributed by atoms with Crippen LogP contribution in [0.4, 0.5) is 0 Å². The van der Waals surface area contributed by atoms with Crippen LogP contribution in [-0.2, 0) is 4.79 Å². The average molecular weight is 470 g/mol. The Kier molecular flexibility index (Phi) is 41.8. The number of hydrogen-bond donors (Lipinski definition) is 3. The molecule has 0 heterocycles. The molecule has 0 aliphatic carbocycles. The van der Waals surface area contributed by atoms with E-state index < -0.39 is 12.0 Å². The lowest BCUT2D eigenvalue weighted by Gasteiger charge is -2.03. The summed E-state index contributed by atoms with van der Waals surface area (Å²) in [5.74, 6) is -0.933. The number of carboxylic acids is 1. The van der Waals surface area contributed by atoms with Crippen molar-refractivity contribution in [1.29, 1.82) is 0 Å². The second-order valence-corrected chi connectivity index (χ2v) is 2.23. The molecule has 0 saturated heterocycles. The molecule has 0 rings (SSSR count). The minimum atomic E-state index is -0.933. The number of hydrogen-bond acceptors (Lipinski definition) is 3. The number of aliphatic carboxylic acids is 1. The molecular formula is C6H18Br4N2O2. The van der Waals surface area contributed by atoms with Crippen molar-refractivity contribution >= 4 is 73.9 Å². The van der Waals surface area contributed by atoms with E-state index in [4.69, 9.17) is 16.6 Å². The van der Waals surface area contributed by atoms with Gasteiger partial charge in [0.25, 0.3) is 0 Å². The van der Waals surface area contributed by atoms with Crippen molar-refractivity contribution in [3.63, 3.8) is 0 Å². The van der Waals surface area contributed by atoms with E-state index >= 15 is 0 Å². The minimum absolute atomic E-state index is 0. The van der Waals surface area contributed by atoms with Gasteiger partial charge in [0.05, 0.1) is 0 Å². The molecule has 0 saturated carbocycles. The summed E-state index contributed by atoms with van der Waals surface area (Å²) >= 11 is 0. The molecule has 1 atom stereocenters. The van der Waals surface area contributed by atoms with Gasteiger partial charge in [0, 0.05) is 0 Å². The molecule has 0 aliphatic rings. The SMILES string of the molecule is Br.Br.Br.Br.NCCCCC(N)C(=O)O. The lowest BCUT2D eigenvalue weighted by Crippen LogP contribution is -2.29. The third-order valence-corrected chi connectivity index (χ3v) is 1.29. The highest BCUT2D eigenvalue weighted by atomic mass is 79.9. The normalized spacial score (nSPS) is 9.29. The first-order valence-corrected chi connectivity index (χ1v) is 3.37. The fraction of sp³-hybridized carbons (Fsp3) is 0.833. The third-order valence-electron chi connectivity index (χ3n) is 1.29. The highest BCUT2D eigenvalue weighted by Crippen LogP contribution is 1.96. The van der Waals surface area contributed by atoms with E-state index in [2.05, 4.69) is 0 Å². The Morgan fingerprint density at radius 3 is 1.86 bits per heavy atom. The van der Waals surface area contributed by atoms with Crippen LogP contribution in [0.25, 0.3) is 0 Å². The molecule has 0 aromatic heterocycles. The molecule has 8 heteroatoms. The largest absolute Gasteiger partial charge is 0.480 e. The molecule has 0 aromatic carbocycles. The summed E-state index contributed by atoms with van der Waals surface area (Å²) in [4.78, 5) is 10.1. The Bertz CT molecular complexity index is 118. The first-order chi connectivity index (χ1) is 4.68. The van der Waals surface area contributed by atoms with Crippen LogP contribution >= 0.6 is 67.9 Å². The van der Waals surface area contributed by atoms with Crippen LogP contribution in [0.2, 0.25) is 0 Å². The predicted octanol–water partition coefficient (Wildman–Crippen LogP) is 1.84. The molecule has 1 unspecified atom stereocenters. The predicted molar refractivity (Wildman–Crippen MR) is 79.8 cm³/mol. The van der Waals surface area contributed by atoms with Crippen LogP contribution in [0.15, 0.2) is 0 Å². The van der Waals surface area contributed by atoms with Crippen molar-refractivity contribution in [3.8, 4) is 0 Å². The van der Waals surface area contributed by atoms with E-state index in [1.54, 1.807) is 0 Å². The number of nitrogens with two attached hydrogens (primary N) is 2. The zero-order chi connectivity index (χ0) is 7.98. The monoisotopic (exact) mass is 466 g/mol. The van der Waals surface area contributed by atoms with Crippen molar-refractivity contribution in [2.45, 2.75) is 25.3 Å². The Balaban J connectivity index is -0.0000000675. The molecule has 0 bridgehead atoms. The second-order valence-electron chi connectivity index (χ2n) is 2.23. The van der Waals surface area contributed by atoms with Gasteiger partial charge >= 0.3 is 5.97 Å². The Labute approximate surface area is 126 Å². The van der Waals surface area contributed by atoms with Crippen molar-refractivity contribution in [2.75, 3.05) is 6.54 Å². The molecule has 0 radical (unpaired) electrons. The molecule has 0 aliphatic heterocycles. The Hall–Kier alpha value is 1.31. The summed E-state index contributed by atoms with van der Waals surface area (Å²) in [6.07, 6.45) is 2.16. The van der Waals surface area contributed by atoms with Gasteiger partial charge in [0.2, 0.25) is 0 Å². The van der Waals surface area contributed by atoms with Gasteiger partial charge in [0.15, 0.2) is 0 Å². The quantitative estimate of drug-likeness (QED) is 0.536. The van der Waals surface area contributed by atoms with Gasteiger partial charge in [-0.2, -0.15) is 0 Å². The van der Waals surface area contributed by atoms with Crippen LogP contribution in [0.1, 0.15) is 19.3 Å². The molecule has 4 nitrogen and oxygen atoms in total. The van der Waals surface area contributed by atoms with Crippen LogP contribution in [0.3, 0.4) is 0 Å². The lowest BCUT2D eigenvalue weighted by atomic mass is 10.1. The van der Waals surface area contributed by atoms with Gasteiger partial charge < -0.3 is 16.6 Å². The maximum absolute atomic E-state index is 10.1. The fourth-order valence-corrected chi connectivity index (χ4v) is 0.632. The molecular weight excluding hydrogens is 452 g/mol. The standard InChI is InChI=1S/C6H14N2O2.4BrH/c7-4-2-1-3-5(8)6(9)10;;;;/h5H,1-4,7-8H2,(H,9,10);4*1H. The van der Waals surface area contributed by atoms with E-state index in [1.165, 1.54) is 0 Å². The number of carboxylic acid groups (broad SMARTS) is 1. The number of halogens is 4. The van der Waals surface area contributed by atoms with Gasteiger partial charge in [-0.15, -0.1) is 67.9 Å². The van der Waals surface area contributed by atoms with E-state index in [0.29, 0.717) is 13.0 Å². The Morgan fingerprint density at radius 1 is 1.14 bits per heavy atom. The number of rotatable bonds is 5. The summed E-state index contributed by atoms with van der Waals surface area (Å²) in [5, 5.41) is 8.33. The fourth-order valence-electron chi connectivity index (χ4n) is 0.632. The maximum atomic E-state index is 10.1. The minimum Gasteiger partial charge on any atom is -0.480 e. The zero-order valence-electron chi connectivity index (χ0n) is 7.55. The van der Waals surface area contributed by atoms with Crippen LogP contribution in [0, 0.1) is 0 Å². The van der Waals surface area contributed by atoms with Crippen molar-refractivity contribution in [3.05, 3.63) is 0 Å². The van der Waals surface area contributed by atoms with E-state index in [9.17, 15) is 4.79 Å². The number of carbonyl (C=O) groups is 1. The van der Waals surface area contributed by atoms with Gasteiger partial charge in [0.1, 0.15) is 6.04 Å². The highest BCUT2D eigenvalue weighted by molar-refractivity contribution is 8.93. The molecule has 92 valence electrons. The summed E-state index contributed by atoms with van der Waals surface area (Å²) in [5.41, 5.74) is 10.4. The summed E-state index contributed by atoms with van der Waals surface area (Å²) in [7, 11) is 0. The van der Waals surface area contributed by atoms with Gasteiger partial charge in [-0.05, 0) is 19.4 Å². The van der Waals surface area contributed by atoms with Crippen LogP contribution < -0.4 is 11.5 Å². The lowest BCUT2D eigenvalue weighted by molar-refractivity contribution is -0.138. The molecule has 0 aromatic rings. The average Bonchev–Trinajstić information content (AvgIpc) is 1.88. The van der Waals surface area contributed by atoms with E-state index in [1.807, 2.05) is 0 Å². The second kappa shape index (κ2) is 19.8. The van der Waals surface area contributed by atoms with Crippen molar-refractivity contribution in [2.24, 2.45) is 11.5 Å². The number of unbranched alkanes of at least 4 members (excludes halogenated alkanes) is 1. The maximum Gasteiger partial charge on any atom is 0.320 e. The molecule has 0 spiro atoms. The van der Waals surface area contributed by atoms with Crippen molar-refractivity contribution in [1.82, 2.24) is 0 Å². The summed E-state index contributed by atoms with van der Waals surface area (Å²) in [6, 6.07) is -0.716. The van der Waals surface area contributed by atoms with Crippen LogP contribution in [0.5, 0.6) is 0 Å². The summed E-state index contributed by atoms with van der Waals surface area (Å²) < 4.78 is 0. The molecule has 5 N–H and O–H groups in total. The van der Waals surface area contributed by atoms with E-state index in [-0.39, 0.29) is 67.9 Å². The smallest absolute Gasteiger partial charge is 0.320 e. The van der Waals surface area contributed by atoms with Gasteiger partial charge in [-0.1, -0.05) is 6.42 Å². The topological polar surface area (TPSA) is 89.3 Å². The molecule has 0 amide bonds. The Morgan fingerprint density at radius 2 is 1.57 bits per heavy atom. The van der Waals surface area contributed by atoms with Crippen LogP contribution in [-0.4, -0.2) is 23.7 Å². The third kappa shape index (κ3) is 19.0. The van der Waals surface area contributed by atoms with E-state index in [0.717, 1.165) is 12.8 Å². The molecule has 14 heavy (non-hydrogen) atoms. The van der Waals surface area contributed by atoms with Crippen molar-refractivity contribution < 1.29 is 9.90 Å². The first-order valence-electron chi connectivity index (χ1n) is 3.37. The van der Waals surface area contributed by atoms with Gasteiger partial charge in [-0.25, -0.2) is 0 Å².